The molecule has 0 aliphatic carbocycles. The number of nitrogens with zero attached hydrogens (tertiary/aromatic N) is 7. The zero-order valence-electron chi connectivity index (χ0n) is 63.4. The number of benzene rings is 18. The molecule has 0 saturated heterocycles. The lowest BCUT2D eigenvalue weighted by Gasteiger charge is -2.27. The van der Waals surface area contributed by atoms with Crippen molar-refractivity contribution in [2.24, 2.45) is 0 Å². The molecule has 18 rings (SSSR count). The Kier molecular flexibility index (Phi) is 21.8. The molecule has 0 atom stereocenters. The Hall–Kier alpha value is -15.0. The maximum atomic E-state index is 9.19. The molecule has 0 aromatic heterocycles. The van der Waals surface area contributed by atoms with E-state index in [0.717, 1.165) is 73.7 Å². The van der Waals surface area contributed by atoms with Gasteiger partial charge < -0.3 is 29.4 Å². The first-order valence-electron chi connectivity index (χ1n) is 38.2. The molecule has 0 saturated carbocycles. The molecule has 0 amide bonds. The summed E-state index contributed by atoms with van der Waals surface area (Å²) in [6.45, 7) is 0. The Morgan fingerprint density at radius 1 is 0.177 bits per heavy atom. The smallest absolute Gasteiger partial charge is 0.0992 e. The second kappa shape index (κ2) is 34.1. The van der Waals surface area contributed by atoms with E-state index in [9.17, 15) is 5.26 Å². The van der Waals surface area contributed by atoms with Crippen molar-refractivity contribution in [3.8, 4) is 39.4 Å². The average molecular weight is 1450 g/mol. The van der Waals surface area contributed by atoms with Gasteiger partial charge in [-0.1, -0.05) is 279 Å². The number of hydrogen-bond acceptors (Lipinski definition) is 7. The molecule has 0 fully saturated rings. The minimum absolute atomic E-state index is 0.658. The molecule has 0 aliphatic heterocycles. The third-order valence-electron chi connectivity index (χ3n) is 20.8. The normalized spacial score (nSPS) is 10.8. The molecular weight excluding hydrogens is 1370 g/mol. The summed E-state index contributed by atoms with van der Waals surface area (Å²) >= 11 is 0. The Morgan fingerprint density at radius 2 is 0.398 bits per heavy atom. The molecule has 0 aliphatic rings. The molecule has 0 heterocycles. The van der Waals surface area contributed by atoms with Crippen LogP contribution >= 0.6 is 0 Å². The molecule has 113 heavy (non-hydrogen) atoms. The third-order valence-corrected chi connectivity index (χ3v) is 20.8. The van der Waals surface area contributed by atoms with Gasteiger partial charge in [-0.25, -0.2) is 0 Å². The minimum atomic E-state index is 0.658. The van der Waals surface area contributed by atoms with E-state index in [1.165, 1.54) is 77.3 Å². The first-order chi connectivity index (χ1) is 55.8. The molecule has 0 N–H and O–H groups in total. The van der Waals surface area contributed by atoms with Crippen molar-refractivity contribution in [1.82, 2.24) is 0 Å². The summed E-state index contributed by atoms with van der Waals surface area (Å²) in [5.41, 5.74) is 24.8. The summed E-state index contributed by atoms with van der Waals surface area (Å²) in [6.07, 6.45) is 0. The van der Waals surface area contributed by atoms with Crippen molar-refractivity contribution in [1.29, 1.82) is 5.26 Å². The van der Waals surface area contributed by atoms with E-state index >= 15 is 0 Å². The molecule has 0 unspecified atom stereocenters. The van der Waals surface area contributed by atoms with Crippen LogP contribution in [0.5, 0.6) is 0 Å². The van der Waals surface area contributed by atoms with Gasteiger partial charge in [0.15, 0.2) is 0 Å². The molecule has 0 radical (unpaired) electrons. The van der Waals surface area contributed by atoms with Crippen LogP contribution in [0.4, 0.5) is 85.3 Å². The highest BCUT2D eigenvalue weighted by Gasteiger charge is 2.20. The average Bonchev–Trinajstić information content (AvgIpc) is 0.785. The number of rotatable bonds is 18. The van der Waals surface area contributed by atoms with Crippen molar-refractivity contribution >= 4 is 118 Å². The van der Waals surface area contributed by atoms with Crippen LogP contribution in [-0.2, 0) is 0 Å². The van der Waals surface area contributed by atoms with Gasteiger partial charge in [-0.2, -0.15) is 5.26 Å². The van der Waals surface area contributed by atoms with Crippen LogP contribution in [0.3, 0.4) is 0 Å². The van der Waals surface area contributed by atoms with Crippen molar-refractivity contribution in [3.05, 3.63) is 454 Å². The SMILES string of the molecule is CN(c1ccc(-c2ccc(N(c3ccccc3)c3cccc4ccccc34)cc2)cc1)c1cccc2ccccc12.CN(c1ccc(-c2ccc(N(c3ccccc3)c3ccccc3)cc2)cc1)c1cccc(C#N)c1.CN(c1ccccc1)c1ccc(-c2ccc(N(c3ccccc3)c3cccc4ccccc34)cc2)cc1. The summed E-state index contributed by atoms with van der Waals surface area (Å²) in [7, 11) is 6.25. The third kappa shape index (κ3) is 16.3. The molecule has 7 nitrogen and oxygen atoms in total. The number of hydrogen-bond donors (Lipinski definition) is 0. The van der Waals surface area contributed by atoms with Gasteiger partial charge >= 0.3 is 0 Å². The van der Waals surface area contributed by atoms with Gasteiger partial charge in [0.1, 0.15) is 0 Å². The topological polar surface area (TPSA) is 43.2 Å². The molecule has 0 bridgehead atoms. The molecular formula is C106H83N7. The van der Waals surface area contributed by atoms with E-state index in [2.05, 4.69) is 456 Å². The highest BCUT2D eigenvalue weighted by molar-refractivity contribution is 6.01. The largest absolute Gasteiger partial charge is 0.345 e. The summed E-state index contributed by atoms with van der Waals surface area (Å²) < 4.78 is 0. The second-order valence-corrected chi connectivity index (χ2v) is 27.8. The van der Waals surface area contributed by atoms with Crippen LogP contribution in [0.15, 0.2) is 449 Å². The van der Waals surface area contributed by atoms with Gasteiger partial charge in [0, 0.05) is 111 Å². The standard InChI is InChI=1S/C39H30N2.C35H28N2.C32H25N3/c1-40(38-19-9-13-31-11-5-7-17-36(31)38)33-25-21-29(22-26-33)30-23-27-35(28-24-30)41(34-15-3-2-4-16-34)39-20-10-14-32-12-6-8-18-37(32)39;1-36(30-13-4-2-5-14-30)31-23-19-27(20-24-31)28-21-25-33(26-22-28)37(32-15-6-3-7-16-32)35-18-10-12-29-11-8-9-17-34(29)35;1-34(32-14-8-9-25(23-32)24-33)28-19-15-26(16-20-28)27-17-21-31(22-18-27)35(29-10-4-2-5-11-29)30-12-6-3-7-13-30/h2-28H,1H3;2-26H,1H3;2-23H,1H3. The van der Waals surface area contributed by atoms with Crippen LogP contribution in [0.1, 0.15) is 5.56 Å². The monoisotopic (exact) mass is 1450 g/mol. The Morgan fingerprint density at radius 3 is 0.743 bits per heavy atom. The van der Waals surface area contributed by atoms with Gasteiger partial charge in [-0.15, -0.1) is 0 Å². The van der Waals surface area contributed by atoms with Crippen molar-refractivity contribution < 1.29 is 0 Å². The first-order valence-corrected chi connectivity index (χ1v) is 38.2. The van der Waals surface area contributed by atoms with Gasteiger partial charge in [-0.3, -0.25) is 0 Å². The van der Waals surface area contributed by atoms with Gasteiger partial charge in [0.05, 0.1) is 23.0 Å². The number of anilines is 15. The van der Waals surface area contributed by atoms with Crippen LogP contribution in [0.25, 0.3) is 65.7 Å². The Bertz CT molecular complexity index is 6150. The zero-order valence-corrected chi connectivity index (χ0v) is 63.4. The predicted molar refractivity (Wildman–Crippen MR) is 480 cm³/mol. The maximum absolute atomic E-state index is 9.19. The van der Waals surface area contributed by atoms with Crippen molar-refractivity contribution in [2.45, 2.75) is 0 Å². The number of para-hydroxylation sites is 5. The summed E-state index contributed by atoms with van der Waals surface area (Å²) in [5, 5.41) is 16.6. The molecule has 18 aromatic carbocycles. The Balaban J connectivity index is 0.000000128. The minimum Gasteiger partial charge on any atom is -0.345 e. The Labute approximate surface area is 663 Å². The fourth-order valence-corrected chi connectivity index (χ4v) is 14.8. The summed E-state index contributed by atoms with van der Waals surface area (Å²) in [5.74, 6) is 0. The zero-order chi connectivity index (χ0) is 76.7. The number of nitriles is 1. The highest BCUT2D eigenvalue weighted by atomic mass is 15.2. The van der Waals surface area contributed by atoms with Crippen molar-refractivity contribution in [3.63, 3.8) is 0 Å². The van der Waals surface area contributed by atoms with E-state index in [0.29, 0.717) is 5.56 Å². The fraction of sp³-hybridized carbons (Fsp3) is 0.0283. The molecule has 0 spiro atoms. The maximum Gasteiger partial charge on any atom is 0.0992 e. The van der Waals surface area contributed by atoms with Gasteiger partial charge in [0.25, 0.3) is 0 Å². The van der Waals surface area contributed by atoms with E-state index in [1.54, 1.807) is 0 Å². The molecule has 18 aromatic rings. The van der Waals surface area contributed by atoms with E-state index < -0.39 is 0 Å². The lowest BCUT2D eigenvalue weighted by atomic mass is 10.0. The van der Waals surface area contributed by atoms with E-state index in [-0.39, 0.29) is 0 Å². The van der Waals surface area contributed by atoms with Crippen LogP contribution in [0.2, 0.25) is 0 Å². The summed E-state index contributed by atoms with van der Waals surface area (Å²) in [6, 6.07) is 160. The molecule has 7 heteroatoms. The van der Waals surface area contributed by atoms with Crippen LogP contribution < -0.4 is 29.4 Å². The molecule has 542 valence electrons. The summed E-state index contributed by atoms with van der Waals surface area (Å²) in [4.78, 5) is 13.5. The van der Waals surface area contributed by atoms with Crippen LogP contribution in [0, 0.1) is 11.3 Å². The van der Waals surface area contributed by atoms with E-state index in [1.807, 2.05) is 49.5 Å². The fourth-order valence-electron chi connectivity index (χ4n) is 14.8. The first kappa shape index (κ1) is 72.2. The lowest BCUT2D eigenvalue weighted by Crippen LogP contribution is -2.10. The van der Waals surface area contributed by atoms with Gasteiger partial charge in [0.2, 0.25) is 0 Å². The van der Waals surface area contributed by atoms with Gasteiger partial charge in [-0.05, 0) is 219 Å². The predicted octanol–water partition coefficient (Wildman–Crippen LogP) is 29.1. The second-order valence-electron chi connectivity index (χ2n) is 27.8. The number of fused-ring (bicyclic) bond motifs is 3. The quantitative estimate of drug-likeness (QED) is 0.0848. The highest BCUT2D eigenvalue weighted by Crippen LogP contribution is 2.44. The van der Waals surface area contributed by atoms with E-state index in [4.69, 9.17) is 0 Å². The van der Waals surface area contributed by atoms with Crippen LogP contribution in [-0.4, -0.2) is 21.1 Å². The van der Waals surface area contributed by atoms with Crippen molar-refractivity contribution in [2.75, 3.05) is 50.5 Å². The lowest BCUT2D eigenvalue weighted by molar-refractivity contribution is 1.21.